The maximum Gasteiger partial charge on any atom is 0.336 e. The van der Waals surface area contributed by atoms with E-state index in [1.54, 1.807) is 24.3 Å². The first-order chi connectivity index (χ1) is 11.1. The molecule has 0 aliphatic rings. The minimum absolute atomic E-state index is 0.220. The molecule has 0 atom stereocenters. The second kappa shape index (κ2) is 5.86. The molecule has 0 aliphatic heterocycles. The molecule has 5 nitrogen and oxygen atoms in total. The average Bonchev–Trinajstić information content (AvgIpc) is 2.84. The minimum atomic E-state index is -0.398. The number of aromatic nitrogens is 2. The highest BCUT2D eigenvalue weighted by atomic mass is 32.1. The van der Waals surface area contributed by atoms with E-state index in [1.807, 2.05) is 19.9 Å². The van der Waals surface area contributed by atoms with Gasteiger partial charge in [0.15, 0.2) is 0 Å². The van der Waals surface area contributed by atoms with E-state index >= 15 is 0 Å². The van der Waals surface area contributed by atoms with E-state index in [2.05, 4.69) is 6.07 Å². The molecule has 3 aromatic rings. The molecule has 23 heavy (non-hydrogen) atoms. The molecule has 0 saturated carbocycles. The van der Waals surface area contributed by atoms with Crippen molar-refractivity contribution in [3.8, 4) is 11.8 Å². The van der Waals surface area contributed by atoms with Crippen molar-refractivity contribution in [2.45, 2.75) is 26.8 Å². The summed E-state index contributed by atoms with van der Waals surface area (Å²) in [6, 6.07) is 10.9. The molecule has 0 spiro atoms. The maximum atomic E-state index is 12.9. The van der Waals surface area contributed by atoms with Crippen LogP contribution in [-0.2, 0) is 6.54 Å². The first-order valence-electron chi connectivity index (χ1n) is 7.24. The van der Waals surface area contributed by atoms with E-state index in [1.165, 1.54) is 20.5 Å². The molecule has 2 aromatic heterocycles. The van der Waals surface area contributed by atoms with E-state index in [9.17, 15) is 9.59 Å². The number of hydrogen-bond acceptors (Lipinski definition) is 4. The van der Waals surface area contributed by atoms with Gasteiger partial charge in [-0.25, -0.2) is 9.36 Å². The van der Waals surface area contributed by atoms with Crippen molar-refractivity contribution in [1.82, 2.24) is 9.13 Å². The lowest BCUT2D eigenvalue weighted by Gasteiger charge is -2.11. The minimum Gasteiger partial charge on any atom is -0.283 e. The van der Waals surface area contributed by atoms with Crippen molar-refractivity contribution in [2.24, 2.45) is 0 Å². The van der Waals surface area contributed by atoms with Gasteiger partial charge in [-0.2, -0.15) is 5.26 Å². The number of hydrogen-bond donors (Lipinski definition) is 0. The third-order valence-corrected chi connectivity index (χ3v) is 5.14. The van der Waals surface area contributed by atoms with Crippen LogP contribution in [0.3, 0.4) is 0 Å². The fourth-order valence-electron chi connectivity index (χ4n) is 2.62. The SMILES string of the molecule is Cc1sc2c(c1C)c(=O)n(-c1ccccc1)c(=O)n2CCC#N. The number of nitriles is 1. The fourth-order valence-corrected chi connectivity index (χ4v) is 3.79. The molecular formula is C17H15N3O2S. The van der Waals surface area contributed by atoms with Crippen molar-refractivity contribution >= 4 is 21.6 Å². The number of benzene rings is 1. The highest BCUT2D eigenvalue weighted by molar-refractivity contribution is 7.18. The summed E-state index contributed by atoms with van der Waals surface area (Å²) in [5.74, 6) is 0. The number of aryl methyl sites for hydroxylation is 3. The number of nitrogens with zero attached hydrogens (tertiary/aromatic N) is 3. The van der Waals surface area contributed by atoms with Gasteiger partial charge >= 0.3 is 5.69 Å². The van der Waals surface area contributed by atoms with Crippen LogP contribution in [-0.4, -0.2) is 9.13 Å². The Labute approximate surface area is 136 Å². The monoisotopic (exact) mass is 325 g/mol. The van der Waals surface area contributed by atoms with Gasteiger partial charge in [-0.1, -0.05) is 18.2 Å². The van der Waals surface area contributed by atoms with Gasteiger partial charge in [-0.05, 0) is 31.5 Å². The summed E-state index contributed by atoms with van der Waals surface area (Å²) in [6.45, 7) is 4.10. The Kier molecular flexibility index (Phi) is 3.89. The second-order valence-corrected chi connectivity index (χ2v) is 6.49. The number of thiophene rings is 1. The molecule has 1 aromatic carbocycles. The molecule has 6 heteroatoms. The van der Waals surface area contributed by atoms with E-state index in [4.69, 9.17) is 5.26 Å². The Morgan fingerprint density at radius 3 is 2.52 bits per heavy atom. The molecule has 0 saturated heterocycles. The highest BCUT2D eigenvalue weighted by Crippen LogP contribution is 2.27. The largest absolute Gasteiger partial charge is 0.336 e. The molecule has 2 heterocycles. The quantitative estimate of drug-likeness (QED) is 0.743. The molecule has 0 radical (unpaired) electrons. The predicted octanol–water partition coefficient (Wildman–Crippen LogP) is 2.74. The van der Waals surface area contributed by atoms with Crippen LogP contribution in [0, 0.1) is 25.2 Å². The van der Waals surface area contributed by atoms with Gasteiger partial charge in [0.25, 0.3) is 5.56 Å². The Bertz CT molecular complexity index is 1040. The van der Waals surface area contributed by atoms with Crippen LogP contribution in [0.25, 0.3) is 15.9 Å². The molecule has 0 amide bonds. The van der Waals surface area contributed by atoms with Gasteiger partial charge in [0, 0.05) is 11.4 Å². The van der Waals surface area contributed by atoms with Crippen LogP contribution in [0.4, 0.5) is 0 Å². The van der Waals surface area contributed by atoms with Gasteiger partial charge in [0.2, 0.25) is 0 Å². The first kappa shape index (κ1) is 15.3. The Morgan fingerprint density at radius 2 is 1.87 bits per heavy atom. The van der Waals surface area contributed by atoms with E-state index in [0.717, 1.165) is 10.4 Å². The molecule has 0 unspecified atom stereocenters. The van der Waals surface area contributed by atoms with Crippen LogP contribution >= 0.6 is 11.3 Å². The normalized spacial score (nSPS) is 10.8. The molecule has 0 aliphatic carbocycles. The topological polar surface area (TPSA) is 67.8 Å². The number of fused-ring (bicyclic) bond motifs is 1. The third-order valence-electron chi connectivity index (χ3n) is 3.91. The van der Waals surface area contributed by atoms with Crippen LogP contribution in [0.2, 0.25) is 0 Å². The van der Waals surface area contributed by atoms with Crippen LogP contribution in [0.15, 0.2) is 39.9 Å². The second-order valence-electron chi connectivity index (χ2n) is 5.28. The van der Waals surface area contributed by atoms with Gasteiger partial charge < -0.3 is 0 Å². The van der Waals surface area contributed by atoms with Crippen LogP contribution in [0.5, 0.6) is 0 Å². The zero-order chi connectivity index (χ0) is 16.6. The smallest absolute Gasteiger partial charge is 0.283 e. The maximum absolute atomic E-state index is 12.9. The molecule has 0 fully saturated rings. The number of rotatable bonds is 3. The Hall–Kier alpha value is -2.65. The number of para-hydroxylation sites is 1. The van der Waals surface area contributed by atoms with Crippen molar-refractivity contribution in [1.29, 1.82) is 5.26 Å². The predicted molar refractivity (Wildman–Crippen MR) is 91.4 cm³/mol. The standard InChI is InChI=1S/C17H15N3O2S/c1-11-12(2)23-16-14(11)15(21)20(13-7-4-3-5-8-13)17(22)19(16)10-6-9-18/h3-5,7-8H,6,10H2,1-2H3. The van der Waals surface area contributed by atoms with Crippen molar-refractivity contribution < 1.29 is 0 Å². The molecule has 116 valence electrons. The summed E-state index contributed by atoms with van der Waals surface area (Å²) in [5.41, 5.74) is 0.736. The van der Waals surface area contributed by atoms with Crippen LogP contribution < -0.4 is 11.2 Å². The van der Waals surface area contributed by atoms with E-state index < -0.39 is 5.69 Å². The highest BCUT2D eigenvalue weighted by Gasteiger charge is 2.19. The van der Waals surface area contributed by atoms with Crippen molar-refractivity contribution in [3.63, 3.8) is 0 Å². The molecule has 0 bridgehead atoms. The van der Waals surface area contributed by atoms with Gasteiger partial charge in [-0.15, -0.1) is 11.3 Å². The molecular weight excluding hydrogens is 310 g/mol. The van der Waals surface area contributed by atoms with Gasteiger partial charge in [0.05, 0.1) is 23.6 Å². The summed E-state index contributed by atoms with van der Waals surface area (Å²) in [5, 5.41) is 9.42. The molecule has 3 rings (SSSR count). The third kappa shape index (κ3) is 2.39. The summed E-state index contributed by atoms with van der Waals surface area (Å²) >= 11 is 1.43. The van der Waals surface area contributed by atoms with Gasteiger partial charge in [0.1, 0.15) is 4.83 Å². The summed E-state index contributed by atoms with van der Waals surface area (Å²) < 4.78 is 2.73. The van der Waals surface area contributed by atoms with E-state index in [0.29, 0.717) is 15.9 Å². The fraction of sp³-hybridized carbons (Fsp3) is 0.235. The zero-order valence-electron chi connectivity index (χ0n) is 12.9. The lowest BCUT2D eigenvalue weighted by atomic mass is 10.2. The Balaban J connectivity index is 2.47. The van der Waals surface area contributed by atoms with E-state index in [-0.39, 0.29) is 18.5 Å². The Morgan fingerprint density at radius 1 is 1.17 bits per heavy atom. The first-order valence-corrected chi connectivity index (χ1v) is 8.06. The van der Waals surface area contributed by atoms with Crippen molar-refractivity contribution in [3.05, 3.63) is 61.6 Å². The van der Waals surface area contributed by atoms with Crippen LogP contribution in [0.1, 0.15) is 16.9 Å². The molecule has 0 N–H and O–H groups in total. The zero-order valence-corrected chi connectivity index (χ0v) is 13.7. The lowest BCUT2D eigenvalue weighted by Crippen LogP contribution is -2.38. The van der Waals surface area contributed by atoms with Gasteiger partial charge in [-0.3, -0.25) is 9.36 Å². The van der Waals surface area contributed by atoms with Crippen molar-refractivity contribution in [2.75, 3.05) is 0 Å². The summed E-state index contributed by atoms with van der Waals surface area (Å²) in [6.07, 6.45) is 0.220. The average molecular weight is 325 g/mol. The summed E-state index contributed by atoms with van der Waals surface area (Å²) in [7, 11) is 0. The lowest BCUT2D eigenvalue weighted by molar-refractivity contribution is 0.666. The summed E-state index contributed by atoms with van der Waals surface area (Å²) in [4.78, 5) is 27.4.